The predicted octanol–water partition coefficient (Wildman–Crippen LogP) is 3.12. The smallest absolute Gasteiger partial charge is 0.138 e. The number of nitrogens with two attached hydrogens (primary N) is 1. The number of nitrogen functional groups attached to an aromatic ring is 1. The third-order valence-corrected chi connectivity index (χ3v) is 5.65. The summed E-state index contributed by atoms with van der Waals surface area (Å²) in [4.78, 5) is 16.1. The summed E-state index contributed by atoms with van der Waals surface area (Å²) in [6, 6.07) is 0. The van der Waals surface area contributed by atoms with Gasteiger partial charge in [0, 0.05) is 10.3 Å². The molecular weight excluding hydrogens is 288 g/mol. The number of thiophene rings is 1. The highest BCUT2D eigenvalue weighted by molar-refractivity contribution is 7.19. The first-order valence-electron chi connectivity index (χ1n) is 6.68. The summed E-state index contributed by atoms with van der Waals surface area (Å²) in [5.41, 5.74) is 8.58. The molecule has 0 bridgehead atoms. The number of aryl methyl sites for hydroxylation is 3. The molecule has 2 N–H and O–H groups in total. The highest BCUT2D eigenvalue weighted by Crippen LogP contribution is 2.38. The van der Waals surface area contributed by atoms with Crippen LogP contribution in [-0.2, 0) is 19.3 Å². The van der Waals surface area contributed by atoms with Gasteiger partial charge in [-0.3, -0.25) is 0 Å². The number of hydrogen-bond acceptors (Lipinski definition) is 6. The van der Waals surface area contributed by atoms with E-state index in [-0.39, 0.29) is 0 Å². The van der Waals surface area contributed by atoms with Crippen LogP contribution in [-0.4, -0.2) is 15.0 Å². The second kappa shape index (κ2) is 4.49. The molecule has 4 rings (SSSR count). The van der Waals surface area contributed by atoms with Crippen LogP contribution in [0.3, 0.4) is 0 Å². The second-order valence-corrected chi connectivity index (χ2v) is 7.24. The SMILES string of the molecule is Cc1nc(Cc2nc(N)c3c4c(sc3n2)CCC4)cs1. The normalized spacial score (nSPS) is 14.1. The number of anilines is 1. The molecule has 0 aromatic carbocycles. The van der Waals surface area contributed by atoms with Gasteiger partial charge < -0.3 is 5.73 Å². The predicted molar refractivity (Wildman–Crippen MR) is 83.5 cm³/mol. The van der Waals surface area contributed by atoms with Crippen LogP contribution >= 0.6 is 22.7 Å². The van der Waals surface area contributed by atoms with Crippen LogP contribution < -0.4 is 5.73 Å². The van der Waals surface area contributed by atoms with Crippen LogP contribution in [0, 0.1) is 6.92 Å². The lowest BCUT2D eigenvalue weighted by atomic mass is 10.2. The lowest BCUT2D eigenvalue weighted by Gasteiger charge is -2.02. The Kier molecular flexibility index (Phi) is 2.75. The fourth-order valence-electron chi connectivity index (χ4n) is 2.80. The number of fused-ring (bicyclic) bond motifs is 3. The highest BCUT2D eigenvalue weighted by atomic mass is 32.1. The van der Waals surface area contributed by atoms with Crippen LogP contribution in [0.5, 0.6) is 0 Å². The molecule has 0 saturated carbocycles. The summed E-state index contributed by atoms with van der Waals surface area (Å²) in [7, 11) is 0. The zero-order valence-corrected chi connectivity index (χ0v) is 12.8. The Balaban J connectivity index is 1.78. The van der Waals surface area contributed by atoms with Gasteiger partial charge in [0.15, 0.2) is 0 Å². The lowest BCUT2D eigenvalue weighted by molar-refractivity contribution is 0.916. The van der Waals surface area contributed by atoms with Crippen molar-refractivity contribution in [3.8, 4) is 0 Å². The van der Waals surface area contributed by atoms with Gasteiger partial charge in [0.1, 0.15) is 16.5 Å². The van der Waals surface area contributed by atoms with E-state index in [1.54, 1.807) is 22.7 Å². The molecule has 20 heavy (non-hydrogen) atoms. The number of hydrogen-bond donors (Lipinski definition) is 1. The lowest BCUT2D eigenvalue weighted by Crippen LogP contribution is -2.01. The molecule has 3 heterocycles. The fraction of sp³-hybridized carbons (Fsp3) is 0.357. The summed E-state index contributed by atoms with van der Waals surface area (Å²) in [6.45, 7) is 2.01. The second-order valence-electron chi connectivity index (χ2n) is 5.10. The molecule has 0 fully saturated rings. The van der Waals surface area contributed by atoms with Gasteiger partial charge in [-0.1, -0.05) is 0 Å². The average Bonchev–Trinajstić information content (AvgIpc) is 3.04. The zero-order valence-electron chi connectivity index (χ0n) is 11.1. The standard InChI is InChI=1S/C14H14N4S2/c1-7-16-8(6-19-7)5-11-17-13(15)12-9-3-2-4-10(9)20-14(12)18-11/h6H,2-5H2,1H3,(H2,15,17,18). The molecule has 0 saturated heterocycles. The maximum Gasteiger partial charge on any atom is 0.138 e. The van der Waals surface area contributed by atoms with Crippen LogP contribution in [0.4, 0.5) is 5.82 Å². The molecule has 4 nitrogen and oxygen atoms in total. The number of thiazole rings is 1. The van der Waals surface area contributed by atoms with E-state index >= 15 is 0 Å². The maximum atomic E-state index is 6.17. The average molecular weight is 302 g/mol. The van der Waals surface area contributed by atoms with Gasteiger partial charge in [0.2, 0.25) is 0 Å². The molecular formula is C14H14N4S2. The van der Waals surface area contributed by atoms with Crippen LogP contribution in [0.15, 0.2) is 5.38 Å². The summed E-state index contributed by atoms with van der Waals surface area (Å²) in [6.07, 6.45) is 4.17. The molecule has 0 aliphatic heterocycles. The van der Waals surface area contributed by atoms with E-state index in [1.807, 2.05) is 6.92 Å². The van der Waals surface area contributed by atoms with Gasteiger partial charge in [-0.2, -0.15) is 0 Å². The summed E-state index contributed by atoms with van der Waals surface area (Å²) in [5.74, 6) is 1.41. The third-order valence-electron chi connectivity index (χ3n) is 3.64. The van der Waals surface area contributed by atoms with Crippen molar-refractivity contribution in [1.82, 2.24) is 15.0 Å². The van der Waals surface area contributed by atoms with Crippen molar-refractivity contribution in [2.75, 3.05) is 5.73 Å². The van der Waals surface area contributed by atoms with Crippen molar-refractivity contribution < 1.29 is 0 Å². The number of aromatic nitrogens is 3. The van der Waals surface area contributed by atoms with E-state index in [0.717, 1.165) is 39.6 Å². The van der Waals surface area contributed by atoms with Crippen molar-refractivity contribution in [2.45, 2.75) is 32.6 Å². The summed E-state index contributed by atoms with van der Waals surface area (Å²) < 4.78 is 0. The minimum atomic E-state index is 0.636. The first-order valence-corrected chi connectivity index (χ1v) is 8.38. The van der Waals surface area contributed by atoms with Gasteiger partial charge in [0.25, 0.3) is 0 Å². The van der Waals surface area contributed by atoms with E-state index in [2.05, 4.69) is 15.3 Å². The number of rotatable bonds is 2. The first-order chi connectivity index (χ1) is 9.70. The van der Waals surface area contributed by atoms with Gasteiger partial charge in [0.05, 0.1) is 22.5 Å². The molecule has 6 heteroatoms. The van der Waals surface area contributed by atoms with Crippen molar-refractivity contribution in [3.05, 3.63) is 32.3 Å². The monoisotopic (exact) mass is 302 g/mol. The van der Waals surface area contributed by atoms with Gasteiger partial charge in [-0.25, -0.2) is 15.0 Å². The molecule has 0 atom stereocenters. The molecule has 0 amide bonds. The van der Waals surface area contributed by atoms with Gasteiger partial charge >= 0.3 is 0 Å². The molecule has 102 valence electrons. The zero-order chi connectivity index (χ0) is 13.7. The Hall–Kier alpha value is -1.53. The Morgan fingerprint density at radius 1 is 1.25 bits per heavy atom. The summed E-state index contributed by atoms with van der Waals surface area (Å²) >= 11 is 3.44. The Morgan fingerprint density at radius 3 is 2.95 bits per heavy atom. The van der Waals surface area contributed by atoms with Crippen molar-refractivity contribution in [2.24, 2.45) is 0 Å². The topological polar surface area (TPSA) is 64.7 Å². The third kappa shape index (κ3) is 1.91. The molecule has 1 aliphatic carbocycles. The largest absolute Gasteiger partial charge is 0.383 e. The van der Waals surface area contributed by atoms with Gasteiger partial charge in [-0.15, -0.1) is 22.7 Å². The van der Waals surface area contributed by atoms with Crippen LogP contribution in [0.2, 0.25) is 0 Å². The van der Waals surface area contributed by atoms with Crippen LogP contribution in [0.1, 0.15) is 33.4 Å². The molecule has 0 unspecified atom stereocenters. The Morgan fingerprint density at radius 2 is 2.15 bits per heavy atom. The summed E-state index contributed by atoms with van der Waals surface area (Å²) in [5, 5.41) is 4.23. The van der Waals surface area contributed by atoms with Crippen molar-refractivity contribution >= 4 is 38.7 Å². The Labute approximate surface area is 124 Å². The van der Waals surface area contributed by atoms with Crippen molar-refractivity contribution in [3.63, 3.8) is 0 Å². The molecule has 1 aliphatic rings. The van der Waals surface area contributed by atoms with E-state index < -0.39 is 0 Å². The first kappa shape index (κ1) is 12.2. The molecule has 0 spiro atoms. The minimum Gasteiger partial charge on any atom is -0.383 e. The fourth-order valence-corrected chi connectivity index (χ4v) is 4.70. The quantitative estimate of drug-likeness (QED) is 0.790. The maximum absolute atomic E-state index is 6.17. The van der Waals surface area contributed by atoms with E-state index in [0.29, 0.717) is 12.2 Å². The number of nitrogens with zero attached hydrogens (tertiary/aromatic N) is 3. The van der Waals surface area contributed by atoms with Crippen LogP contribution in [0.25, 0.3) is 10.2 Å². The van der Waals surface area contributed by atoms with Gasteiger partial charge in [-0.05, 0) is 31.7 Å². The molecule has 0 radical (unpaired) electrons. The van der Waals surface area contributed by atoms with Crippen molar-refractivity contribution in [1.29, 1.82) is 0 Å². The highest BCUT2D eigenvalue weighted by Gasteiger charge is 2.21. The van der Waals surface area contributed by atoms with E-state index in [1.165, 1.54) is 16.9 Å². The molecule has 3 aromatic heterocycles. The van der Waals surface area contributed by atoms with E-state index in [4.69, 9.17) is 10.7 Å². The Bertz CT molecular complexity index is 803. The molecule has 3 aromatic rings. The minimum absolute atomic E-state index is 0.636. The van der Waals surface area contributed by atoms with E-state index in [9.17, 15) is 0 Å².